The number of nitrogens with zero attached hydrogens (tertiary/aromatic N) is 5. The number of amides is 1. The summed E-state index contributed by atoms with van der Waals surface area (Å²) in [4.78, 5) is 20.5. The van der Waals surface area contributed by atoms with E-state index in [0.29, 0.717) is 35.6 Å². The van der Waals surface area contributed by atoms with Crippen LogP contribution in [0.1, 0.15) is 13.3 Å². The Bertz CT molecular complexity index is 1010. The number of aryl methyl sites for hydroxylation is 1. The van der Waals surface area contributed by atoms with Gasteiger partial charge in [0.15, 0.2) is 0 Å². The summed E-state index contributed by atoms with van der Waals surface area (Å²) in [6, 6.07) is 1.78. The Morgan fingerprint density at radius 2 is 2.25 bits per heavy atom. The Morgan fingerprint density at radius 1 is 1.43 bits per heavy atom. The normalized spacial score (nSPS) is 18.0. The van der Waals surface area contributed by atoms with Crippen molar-refractivity contribution in [2.24, 2.45) is 13.0 Å². The zero-order chi connectivity index (χ0) is 19.8. The number of fused-ring (bicyclic) bond motifs is 1. The number of nitrogens with one attached hydrogen (secondary N) is 1. The predicted molar refractivity (Wildman–Crippen MR) is 96.9 cm³/mol. The number of carbonyl (C=O) groups is 1. The van der Waals surface area contributed by atoms with Gasteiger partial charge in [-0.15, -0.1) is 0 Å². The first-order valence-electron chi connectivity index (χ1n) is 8.97. The third-order valence-electron chi connectivity index (χ3n) is 4.89. The Hall–Kier alpha value is -3.04. The van der Waals surface area contributed by atoms with E-state index in [1.165, 1.54) is 17.1 Å². The fraction of sp³-hybridized carbons (Fsp3) is 0.444. The smallest absolute Gasteiger partial charge is 0.257 e. The molecule has 2 unspecified atom stereocenters. The number of aromatic nitrogens is 5. The van der Waals surface area contributed by atoms with E-state index in [1.54, 1.807) is 12.4 Å². The molecule has 1 aliphatic heterocycles. The molecule has 4 heterocycles. The maximum absolute atomic E-state index is 12.6. The van der Waals surface area contributed by atoms with Crippen molar-refractivity contribution in [2.45, 2.75) is 32.4 Å². The zero-order valence-corrected chi connectivity index (χ0v) is 15.5. The molecule has 3 aromatic heterocycles. The molecule has 1 amide bonds. The van der Waals surface area contributed by atoms with Gasteiger partial charge in [0.2, 0.25) is 11.8 Å². The third-order valence-corrected chi connectivity index (χ3v) is 4.89. The number of ether oxygens (including phenoxy) is 1. The first kappa shape index (κ1) is 18.3. The summed E-state index contributed by atoms with van der Waals surface area (Å²) in [7, 11) is 1.84. The van der Waals surface area contributed by atoms with Crippen LogP contribution in [0.4, 0.5) is 8.78 Å². The minimum atomic E-state index is -2.48. The minimum Gasteiger partial charge on any atom is -0.473 e. The average molecular weight is 390 g/mol. The topological polar surface area (TPSA) is 86.9 Å². The number of halogens is 2. The number of alkyl halides is 2. The van der Waals surface area contributed by atoms with Gasteiger partial charge in [0, 0.05) is 37.7 Å². The molecule has 1 saturated heterocycles. The van der Waals surface area contributed by atoms with Crippen molar-refractivity contribution in [3.63, 3.8) is 0 Å². The predicted octanol–water partition coefficient (Wildman–Crippen LogP) is 2.00. The highest BCUT2D eigenvalue weighted by molar-refractivity contribution is 5.84. The molecule has 8 nitrogen and oxygen atoms in total. The van der Waals surface area contributed by atoms with Crippen molar-refractivity contribution in [1.82, 2.24) is 29.6 Å². The van der Waals surface area contributed by atoms with Gasteiger partial charge in [-0.3, -0.25) is 9.48 Å². The van der Waals surface area contributed by atoms with Crippen LogP contribution in [0.15, 0.2) is 24.8 Å². The molecule has 0 radical (unpaired) electrons. The fourth-order valence-corrected chi connectivity index (χ4v) is 3.34. The first-order chi connectivity index (χ1) is 13.4. The highest BCUT2D eigenvalue weighted by atomic mass is 19.3. The second-order valence-corrected chi connectivity index (χ2v) is 6.97. The van der Waals surface area contributed by atoms with Crippen LogP contribution >= 0.6 is 0 Å². The average Bonchev–Trinajstić information content (AvgIpc) is 3.35. The molecule has 0 saturated carbocycles. The quantitative estimate of drug-likeness (QED) is 0.696. The van der Waals surface area contributed by atoms with Gasteiger partial charge in [0.1, 0.15) is 18.2 Å². The van der Waals surface area contributed by atoms with Gasteiger partial charge >= 0.3 is 0 Å². The lowest BCUT2D eigenvalue weighted by molar-refractivity contribution is -0.119. The summed E-state index contributed by atoms with van der Waals surface area (Å²) in [5.74, 6) is 0.454. The third kappa shape index (κ3) is 3.54. The molecule has 10 heteroatoms. The molecule has 0 aromatic carbocycles. The van der Waals surface area contributed by atoms with Gasteiger partial charge in [-0.05, 0) is 13.0 Å². The van der Waals surface area contributed by atoms with Crippen molar-refractivity contribution in [2.75, 3.05) is 6.54 Å². The monoisotopic (exact) mass is 390 g/mol. The van der Waals surface area contributed by atoms with Crippen molar-refractivity contribution < 1.29 is 18.3 Å². The molecule has 1 aliphatic rings. The molecular weight excluding hydrogens is 370 g/mol. The summed E-state index contributed by atoms with van der Waals surface area (Å²) in [5.41, 5.74) is 2.54. The zero-order valence-electron chi connectivity index (χ0n) is 15.5. The van der Waals surface area contributed by atoms with Crippen molar-refractivity contribution in [3.05, 3.63) is 24.8 Å². The highest BCUT2D eigenvalue weighted by Gasteiger charge is 2.29. The standard InChI is InChI=1S/C18H20F2N6O2/c1-10(11-3-16(27)21-5-11)28-18-17-14(22-9-25(17)2)4-13(24-18)12-6-23-26(7-12)8-15(19)20/h4,6-7,9-11,15H,3,5,8H2,1-2H3,(H,21,27). The van der Waals surface area contributed by atoms with Crippen LogP contribution in [-0.4, -0.2) is 49.3 Å². The minimum absolute atomic E-state index is 0.0132. The summed E-state index contributed by atoms with van der Waals surface area (Å²) in [6.45, 7) is 1.99. The number of carbonyl (C=O) groups excluding carboxylic acids is 1. The van der Waals surface area contributed by atoms with Gasteiger partial charge in [0.05, 0.1) is 23.7 Å². The van der Waals surface area contributed by atoms with Crippen LogP contribution in [0, 0.1) is 5.92 Å². The molecule has 0 spiro atoms. The van der Waals surface area contributed by atoms with Gasteiger partial charge in [-0.1, -0.05) is 0 Å². The van der Waals surface area contributed by atoms with Crippen LogP contribution in [0.25, 0.3) is 22.3 Å². The molecule has 28 heavy (non-hydrogen) atoms. The number of hydrogen-bond donors (Lipinski definition) is 1. The first-order valence-corrected chi connectivity index (χ1v) is 8.97. The second-order valence-electron chi connectivity index (χ2n) is 6.97. The van der Waals surface area contributed by atoms with E-state index < -0.39 is 13.0 Å². The SMILES string of the molecule is CC(Oc1nc(-c2cnn(CC(F)F)c2)cc2ncn(C)c12)C1CNC(=O)C1. The van der Waals surface area contributed by atoms with Crippen LogP contribution in [0.2, 0.25) is 0 Å². The van der Waals surface area contributed by atoms with Gasteiger partial charge in [0.25, 0.3) is 6.43 Å². The summed E-state index contributed by atoms with van der Waals surface area (Å²) in [6.07, 6.45) is 2.37. The lowest BCUT2D eigenvalue weighted by atomic mass is 10.0. The fourth-order valence-electron chi connectivity index (χ4n) is 3.34. The van der Waals surface area contributed by atoms with E-state index in [2.05, 4.69) is 20.4 Å². The molecule has 2 atom stereocenters. The van der Waals surface area contributed by atoms with E-state index in [-0.39, 0.29) is 17.9 Å². The number of imidazole rings is 1. The summed E-state index contributed by atoms with van der Waals surface area (Å²) in [5, 5.41) is 6.77. The lowest BCUT2D eigenvalue weighted by Gasteiger charge is -2.20. The lowest BCUT2D eigenvalue weighted by Crippen LogP contribution is -2.26. The van der Waals surface area contributed by atoms with Crippen LogP contribution in [0.5, 0.6) is 5.88 Å². The number of rotatable bonds is 6. The maximum Gasteiger partial charge on any atom is 0.257 e. The molecule has 3 aromatic rings. The largest absolute Gasteiger partial charge is 0.473 e. The van der Waals surface area contributed by atoms with E-state index >= 15 is 0 Å². The molecule has 0 aliphatic carbocycles. The number of pyridine rings is 1. The van der Waals surface area contributed by atoms with Crippen LogP contribution in [-0.2, 0) is 18.4 Å². The summed E-state index contributed by atoms with van der Waals surface area (Å²) >= 11 is 0. The van der Waals surface area contributed by atoms with Crippen LogP contribution < -0.4 is 10.1 Å². The van der Waals surface area contributed by atoms with Crippen LogP contribution in [0.3, 0.4) is 0 Å². The van der Waals surface area contributed by atoms with Gasteiger partial charge in [-0.25, -0.2) is 18.7 Å². The van der Waals surface area contributed by atoms with E-state index in [0.717, 1.165) is 5.52 Å². The Morgan fingerprint density at radius 3 is 2.96 bits per heavy atom. The van der Waals surface area contributed by atoms with E-state index in [9.17, 15) is 13.6 Å². The Labute approximate surface area is 159 Å². The summed E-state index contributed by atoms with van der Waals surface area (Å²) < 4.78 is 34.3. The molecule has 0 bridgehead atoms. The molecular formula is C18H20F2N6O2. The van der Waals surface area contributed by atoms with Gasteiger partial charge < -0.3 is 14.6 Å². The van der Waals surface area contributed by atoms with Crippen molar-refractivity contribution in [3.8, 4) is 17.1 Å². The van der Waals surface area contributed by atoms with E-state index in [1.807, 2.05) is 18.5 Å². The molecule has 1 fully saturated rings. The molecule has 148 valence electrons. The number of hydrogen-bond acceptors (Lipinski definition) is 5. The molecule has 1 N–H and O–H groups in total. The Kier molecular flexibility index (Phi) is 4.70. The maximum atomic E-state index is 12.6. The second kappa shape index (κ2) is 7.17. The van der Waals surface area contributed by atoms with Crippen molar-refractivity contribution >= 4 is 16.9 Å². The Balaban J connectivity index is 1.68. The highest BCUT2D eigenvalue weighted by Crippen LogP contribution is 2.30. The molecule has 4 rings (SSSR count). The van der Waals surface area contributed by atoms with Gasteiger partial charge in [-0.2, -0.15) is 5.10 Å². The van der Waals surface area contributed by atoms with Crippen molar-refractivity contribution in [1.29, 1.82) is 0 Å². The van der Waals surface area contributed by atoms with E-state index in [4.69, 9.17) is 4.74 Å².